The Morgan fingerprint density at radius 1 is 0.348 bits per heavy atom. The van der Waals surface area contributed by atoms with Gasteiger partial charge in [0.1, 0.15) is 16.6 Å². The van der Waals surface area contributed by atoms with Crippen molar-refractivity contribution in [3.8, 4) is 34.4 Å². The van der Waals surface area contributed by atoms with Gasteiger partial charge in [0, 0.05) is 45.9 Å². The van der Waals surface area contributed by atoms with Crippen molar-refractivity contribution in [2.75, 3.05) is 4.90 Å². The van der Waals surface area contributed by atoms with Crippen LogP contribution in [-0.4, -0.2) is 15.0 Å². The Hall–Kier alpha value is -6.47. The van der Waals surface area contributed by atoms with Crippen LogP contribution in [0, 0.1) is 0 Å². The van der Waals surface area contributed by atoms with E-state index in [2.05, 4.69) is 22.0 Å². The van der Waals surface area contributed by atoms with E-state index < -0.39 is 0 Å². The van der Waals surface area contributed by atoms with Crippen molar-refractivity contribution in [3.63, 3.8) is 0 Å². The van der Waals surface area contributed by atoms with Crippen molar-refractivity contribution in [3.05, 3.63) is 146 Å². The first-order chi connectivity index (χ1) is 22.7. The summed E-state index contributed by atoms with van der Waals surface area (Å²) in [5.74, 6) is 1.74. The minimum atomic E-state index is 0.576. The number of hydrogen-bond donors (Lipinski definition) is 0. The van der Waals surface area contributed by atoms with Crippen molar-refractivity contribution in [2.45, 2.75) is 0 Å². The number of anilines is 3. The van der Waals surface area contributed by atoms with Gasteiger partial charge in [0.05, 0.1) is 0 Å². The van der Waals surface area contributed by atoms with Crippen LogP contribution in [0.5, 0.6) is 0 Å². The summed E-state index contributed by atoms with van der Waals surface area (Å²) < 4.78 is 18.6. The van der Waals surface area contributed by atoms with E-state index in [1.807, 2.05) is 133 Å². The Morgan fingerprint density at radius 2 is 0.761 bits per heavy atom. The third kappa shape index (κ3) is 4.58. The second kappa shape index (κ2) is 10.6. The standard InChI is InChI=1S/C39H24N4O3/c1-3-9-25(10-4-1)37-41-32-21-19-29(23-35(32)45-37)43(28-17-15-27(16-18-28)39-40-31-13-7-8-14-34(31)44-39)30-20-22-33-36(24-30)46-38(42-33)26-11-5-2-6-12-26/h1-24H. The maximum Gasteiger partial charge on any atom is 0.227 e. The van der Waals surface area contributed by atoms with Gasteiger partial charge < -0.3 is 18.2 Å². The minimum absolute atomic E-state index is 0.576. The SMILES string of the molecule is c1ccc(-c2nc3ccc(N(c4ccc(-c5nc6ccccc6o5)cc4)c4ccc5nc(-c6ccccc6)oc5c4)cc3o2)cc1. The zero-order chi connectivity index (χ0) is 30.5. The molecular formula is C39H24N4O3. The molecule has 6 aromatic carbocycles. The molecule has 3 aromatic heterocycles. The van der Waals surface area contributed by atoms with Crippen LogP contribution >= 0.6 is 0 Å². The molecule has 7 nitrogen and oxygen atoms in total. The summed E-state index contributed by atoms with van der Waals surface area (Å²) in [5.41, 5.74) is 10.0. The molecule has 0 aliphatic carbocycles. The van der Waals surface area contributed by atoms with E-state index >= 15 is 0 Å². The largest absolute Gasteiger partial charge is 0.436 e. The maximum atomic E-state index is 6.26. The highest BCUT2D eigenvalue weighted by molar-refractivity contribution is 5.89. The highest BCUT2D eigenvalue weighted by atomic mass is 16.4. The third-order valence-corrected chi connectivity index (χ3v) is 7.97. The van der Waals surface area contributed by atoms with Crippen LogP contribution in [0.3, 0.4) is 0 Å². The molecule has 0 saturated heterocycles. The molecule has 0 radical (unpaired) electrons. The van der Waals surface area contributed by atoms with Gasteiger partial charge in [0.2, 0.25) is 17.7 Å². The normalized spacial score (nSPS) is 11.5. The number of aromatic nitrogens is 3. The zero-order valence-corrected chi connectivity index (χ0v) is 24.4. The number of oxazole rings is 3. The molecule has 0 unspecified atom stereocenters. The van der Waals surface area contributed by atoms with E-state index in [0.717, 1.165) is 55.9 Å². The summed E-state index contributed by atoms with van der Waals surface area (Å²) in [4.78, 5) is 16.3. The summed E-state index contributed by atoms with van der Waals surface area (Å²) in [6, 6.07) is 47.9. The fourth-order valence-electron chi connectivity index (χ4n) is 5.71. The third-order valence-electron chi connectivity index (χ3n) is 7.97. The molecule has 9 rings (SSSR count). The highest BCUT2D eigenvalue weighted by Gasteiger charge is 2.19. The first kappa shape index (κ1) is 26.0. The van der Waals surface area contributed by atoms with Crippen LogP contribution in [0.4, 0.5) is 17.1 Å². The van der Waals surface area contributed by atoms with Gasteiger partial charge in [0.15, 0.2) is 16.7 Å². The molecule has 7 heteroatoms. The predicted octanol–water partition coefficient (Wildman–Crippen LogP) is 10.6. The molecule has 0 aliphatic rings. The van der Waals surface area contributed by atoms with Crippen LogP contribution < -0.4 is 4.90 Å². The molecule has 3 heterocycles. The van der Waals surface area contributed by atoms with Gasteiger partial charge in [0.25, 0.3) is 0 Å². The van der Waals surface area contributed by atoms with Gasteiger partial charge in [-0.15, -0.1) is 0 Å². The fraction of sp³-hybridized carbons (Fsp3) is 0. The fourth-order valence-corrected chi connectivity index (χ4v) is 5.71. The van der Waals surface area contributed by atoms with E-state index in [4.69, 9.17) is 23.2 Å². The molecule has 0 spiro atoms. The Labute approximate surface area is 263 Å². The van der Waals surface area contributed by atoms with E-state index in [9.17, 15) is 0 Å². The molecule has 0 N–H and O–H groups in total. The number of benzene rings is 6. The lowest BCUT2D eigenvalue weighted by Crippen LogP contribution is -2.09. The number of fused-ring (bicyclic) bond motifs is 3. The molecule has 0 saturated carbocycles. The second-order valence-corrected chi connectivity index (χ2v) is 10.9. The minimum Gasteiger partial charge on any atom is -0.436 e. The average Bonchev–Trinajstić information content (AvgIpc) is 3.86. The molecule has 46 heavy (non-hydrogen) atoms. The second-order valence-electron chi connectivity index (χ2n) is 10.9. The summed E-state index contributed by atoms with van der Waals surface area (Å²) in [7, 11) is 0. The molecule has 0 atom stereocenters. The van der Waals surface area contributed by atoms with Crippen LogP contribution in [0.2, 0.25) is 0 Å². The van der Waals surface area contributed by atoms with Crippen LogP contribution in [0.25, 0.3) is 67.7 Å². The Bertz CT molecular complexity index is 2330. The zero-order valence-electron chi connectivity index (χ0n) is 24.4. The van der Waals surface area contributed by atoms with Crippen molar-refractivity contribution >= 4 is 50.4 Å². The van der Waals surface area contributed by atoms with Gasteiger partial charge in [-0.1, -0.05) is 48.5 Å². The number of hydrogen-bond acceptors (Lipinski definition) is 7. The number of para-hydroxylation sites is 2. The Kier molecular flexibility index (Phi) is 5.99. The van der Waals surface area contributed by atoms with Gasteiger partial charge in [-0.05, 0) is 84.9 Å². The predicted molar refractivity (Wildman–Crippen MR) is 180 cm³/mol. The lowest BCUT2D eigenvalue weighted by molar-refractivity contribution is 0.619. The van der Waals surface area contributed by atoms with Crippen LogP contribution in [0.1, 0.15) is 0 Å². The Morgan fingerprint density at radius 3 is 1.28 bits per heavy atom. The van der Waals surface area contributed by atoms with E-state index in [0.29, 0.717) is 28.8 Å². The van der Waals surface area contributed by atoms with Gasteiger partial charge in [-0.2, -0.15) is 0 Å². The molecular weight excluding hydrogens is 572 g/mol. The summed E-state index contributed by atoms with van der Waals surface area (Å²) in [6.07, 6.45) is 0. The van der Waals surface area contributed by atoms with Crippen molar-refractivity contribution in [2.24, 2.45) is 0 Å². The summed E-state index contributed by atoms with van der Waals surface area (Å²) in [6.45, 7) is 0. The number of rotatable bonds is 6. The highest BCUT2D eigenvalue weighted by Crippen LogP contribution is 2.39. The van der Waals surface area contributed by atoms with Crippen LogP contribution in [-0.2, 0) is 0 Å². The molecule has 0 aliphatic heterocycles. The van der Waals surface area contributed by atoms with Crippen molar-refractivity contribution in [1.29, 1.82) is 0 Å². The van der Waals surface area contributed by atoms with E-state index in [-0.39, 0.29) is 0 Å². The van der Waals surface area contributed by atoms with Crippen molar-refractivity contribution < 1.29 is 13.3 Å². The van der Waals surface area contributed by atoms with Crippen molar-refractivity contribution in [1.82, 2.24) is 15.0 Å². The van der Waals surface area contributed by atoms with Gasteiger partial charge in [-0.3, -0.25) is 0 Å². The lowest BCUT2D eigenvalue weighted by Gasteiger charge is -2.25. The van der Waals surface area contributed by atoms with Gasteiger partial charge in [-0.25, -0.2) is 15.0 Å². The monoisotopic (exact) mass is 596 g/mol. The smallest absolute Gasteiger partial charge is 0.227 e. The first-order valence-electron chi connectivity index (χ1n) is 14.9. The van der Waals surface area contributed by atoms with Crippen LogP contribution in [0.15, 0.2) is 159 Å². The quantitative estimate of drug-likeness (QED) is 0.189. The molecule has 0 fully saturated rings. The van der Waals surface area contributed by atoms with E-state index in [1.165, 1.54) is 0 Å². The topological polar surface area (TPSA) is 81.3 Å². The average molecular weight is 597 g/mol. The van der Waals surface area contributed by atoms with Gasteiger partial charge >= 0.3 is 0 Å². The first-order valence-corrected chi connectivity index (χ1v) is 14.9. The summed E-state index contributed by atoms with van der Waals surface area (Å²) >= 11 is 0. The summed E-state index contributed by atoms with van der Waals surface area (Å²) in [5, 5.41) is 0. The molecule has 9 aromatic rings. The molecule has 218 valence electrons. The Balaban J connectivity index is 1.15. The van der Waals surface area contributed by atoms with E-state index in [1.54, 1.807) is 0 Å². The maximum absolute atomic E-state index is 6.26. The molecule has 0 amide bonds. The molecule has 0 bridgehead atoms. The number of nitrogens with zero attached hydrogens (tertiary/aromatic N) is 4. The lowest BCUT2D eigenvalue weighted by atomic mass is 10.1.